The smallest absolute Gasteiger partial charge is 0.107 e. The van der Waals surface area contributed by atoms with E-state index in [0.717, 1.165) is 30.3 Å². The average Bonchev–Trinajstić information content (AvgIpc) is 2.88. The standard InChI is InChI=1S/C13H19N3O/c1-9-8-12(11(3)17-9)10(2)14-5-4-13-15-6-7-16-13/h6-8,10,14H,4-5H2,1-3H3,(H,15,16). The Morgan fingerprint density at radius 3 is 2.88 bits per heavy atom. The van der Waals surface area contributed by atoms with E-state index in [9.17, 15) is 0 Å². The average molecular weight is 233 g/mol. The molecule has 0 aromatic carbocycles. The fraction of sp³-hybridized carbons (Fsp3) is 0.462. The van der Waals surface area contributed by atoms with Crippen molar-refractivity contribution < 1.29 is 4.42 Å². The van der Waals surface area contributed by atoms with Crippen LogP contribution in [0.1, 0.15) is 35.9 Å². The van der Waals surface area contributed by atoms with E-state index in [0.29, 0.717) is 6.04 Å². The molecule has 2 aromatic heterocycles. The van der Waals surface area contributed by atoms with Crippen LogP contribution in [-0.2, 0) is 6.42 Å². The molecule has 0 aliphatic rings. The number of hydrogen-bond donors (Lipinski definition) is 2. The van der Waals surface area contributed by atoms with Gasteiger partial charge in [-0.05, 0) is 26.8 Å². The molecule has 0 bridgehead atoms. The van der Waals surface area contributed by atoms with E-state index >= 15 is 0 Å². The Balaban J connectivity index is 1.85. The van der Waals surface area contributed by atoms with E-state index in [1.54, 1.807) is 6.20 Å². The number of hydrogen-bond acceptors (Lipinski definition) is 3. The first-order valence-electron chi connectivity index (χ1n) is 5.95. The normalized spacial score (nSPS) is 12.9. The van der Waals surface area contributed by atoms with Gasteiger partial charge < -0.3 is 14.7 Å². The van der Waals surface area contributed by atoms with Crippen LogP contribution in [0.4, 0.5) is 0 Å². The number of aromatic nitrogens is 2. The molecule has 4 nitrogen and oxygen atoms in total. The van der Waals surface area contributed by atoms with Crippen molar-refractivity contribution in [1.29, 1.82) is 0 Å². The molecule has 0 aliphatic heterocycles. The summed E-state index contributed by atoms with van der Waals surface area (Å²) in [7, 11) is 0. The molecule has 0 aliphatic carbocycles. The lowest BCUT2D eigenvalue weighted by Crippen LogP contribution is -2.21. The molecule has 17 heavy (non-hydrogen) atoms. The summed E-state index contributed by atoms with van der Waals surface area (Å²) in [4.78, 5) is 7.29. The summed E-state index contributed by atoms with van der Waals surface area (Å²) >= 11 is 0. The molecular weight excluding hydrogens is 214 g/mol. The van der Waals surface area contributed by atoms with E-state index < -0.39 is 0 Å². The van der Waals surface area contributed by atoms with E-state index in [1.807, 2.05) is 20.0 Å². The minimum atomic E-state index is 0.308. The highest BCUT2D eigenvalue weighted by Gasteiger charge is 2.11. The summed E-state index contributed by atoms with van der Waals surface area (Å²) in [5.41, 5.74) is 1.24. The van der Waals surface area contributed by atoms with Gasteiger partial charge in [-0.3, -0.25) is 0 Å². The third-order valence-electron chi connectivity index (χ3n) is 2.91. The largest absolute Gasteiger partial charge is 0.466 e. The van der Waals surface area contributed by atoms with Gasteiger partial charge in [0.15, 0.2) is 0 Å². The first-order chi connectivity index (χ1) is 8.16. The van der Waals surface area contributed by atoms with Crippen molar-refractivity contribution in [3.8, 4) is 0 Å². The van der Waals surface area contributed by atoms with E-state index in [1.165, 1.54) is 5.56 Å². The Morgan fingerprint density at radius 2 is 2.29 bits per heavy atom. The maximum absolute atomic E-state index is 5.53. The number of nitrogens with zero attached hydrogens (tertiary/aromatic N) is 1. The van der Waals surface area contributed by atoms with Crippen LogP contribution in [0.15, 0.2) is 22.9 Å². The molecule has 0 fully saturated rings. The number of aromatic amines is 1. The number of furan rings is 1. The van der Waals surface area contributed by atoms with Gasteiger partial charge in [-0.1, -0.05) is 0 Å². The highest BCUT2D eigenvalue weighted by atomic mass is 16.3. The third-order valence-corrected chi connectivity index (χ3v) is 2.91. The highest BCUT2D eigenvalue weighted by Crippen LogP contribution is 2.20. The van der Waals surface area contributed by atoms with Crippen molar-refractivity contribution in [2.45, 2.75) is 33.2 Å². The maximum atomic E-state index is 5.53. The summed E-state index contributed by atoms with van der Waals surface area (Å²) in [5, 5.41) is 3.47. The third kappa shape index (κ3) is 2.97. The summed E-state index contributed by atoms with van der Waals surface area (Å²) in [6.45, 7) is 7.04. The summed E-state index contributed by atoms with van der Waals surface area (Å²) < 4.78 is 5.53. The Bertz CT molecular complexity index is 459. The van der Waals surface area contributed by atoms with Gasteiger partial charge in [-0.15, -0.1) is 0 Å². The van der Waals surface area contributed by atoms with Crippen LogP contribution in [0, 0.1) is 13.8 Å². The molecule has 0 spiro atoms. The molecule has 2 aromatic rings. The summed E-state index contributed by atoms with van der Waals surface area (Å²) in [5.74, 6) is 2.99. The first-order valence-corrected chi connectivity index (χ1v) is 5.95. The predicted octanol–water partition coefficient (Wildman–Crippen LogP) is 2.51. The van der Waals surface area contributed by atoms with Crippen LogP contribution in [0.3, 0.4) is 0 Å². The SMILES string of the molecule is Cc1cc(C(C)NCCc2ncc[nH]2)c(C)o1. The minimum Gasteiger partial charge on any atom is -0.466 e. The van der Waals surface area contributed by atoms with Gasteiger partial charge in [-0.25, -0.2) is 4.98 Å². The van der Waals surface area contributed by atoms with E-state index in [2.05, 4.69) is 28.3 Å². The summed E-state index contributed by atoms with van der Waals surface area (Å²) in [6, 6.07) is 2.40. The second-order valence-corrected chi connectivity index (χ2v) is 4.33. The van der Waals surface area contributed by atoms with Gasteiger partial charge in [0.2, 0.25) is 0 Å². The van der Waals surface area contributed by atoms with Crippen molar-refractivity contribution in [1.82, 2.24) is 15.3 Å². The zero-order chi connectivity index (χ0) is 12.3. The Kier molecular flexibility index (Phi) is 3.64. The van der Waals surface area contributed by atoms with Crippen LogP contribution >= 0.6 is 0 Å². The lowest BCUT2D eigenvalue weighted by Gasteiger charge is -2.12. The Hall–Kier alpha value is -1.55. The van der Waals surface area contributed by atoms with Gasteiger partial charge in [0.25, 0.3) is 0 Å². The second-order valence-electron chi connectivity index (χ2n) is 4.33. The molecule has 0 saturated heterocycles. The maximum Gasteiger partial charge on any atom is 0.107 e. The van der Waals surface area contributed by atoms with Gasteiger partial charge >= 0.3 is 0 Å². The van der Waals surface area contributed by atoms with Gasteiger partial charge in [0, 0.05) is 37.0 Å². The number of aryl methyl sites for hydroxylation is 2. The molecule has 1 unspecified atom stereocenters. The molecule has 1 atom stereocenters. The Labute approximate surface area is 101 Å². The van der Waals surface area contributed by atoms with E-state index in [-0.39, 0.29) is 0 Å². The number of imidazole rings is 1. The van der Waals surface area contributed by atoms with Crippen molar-refractivity contribution >= 4 is 0 Å². The number of rotatable bonds is 5. The number of nitrogens with one attached hydrogen (secondary N) is 2. The lowest BCUT2D eigenvalue weighted by atomic mass is 10.1. The number of H-pyrrole nitrogens is 1. The van der Waals surface area contributed by atoms with Crippen LogP contribution in [0.25, 0.3) is 0 Å². The molecule has 2 rings (SSSR count). The van der Waals surface area contributed by atoms with Crippen LogP contribution in [-0.4, -0.2) is 16.5 Å². The topological polar surface area (TPSA) is 53.9 Å². The van der Waals surface area contributed by atoms with Gasteiger partial charge in [-0.2, -0.15) is 0 Å². The van der Waals surface area contributed by atoms with Gasteiger partial charge in [0.05, 0.1) is 0 Å². The lowest BCUT2D eigenvalue weighted by molar-refractivity contribution is 0.490. The molecule has 0 saturated carbocycles. The molecule has 2 heterocycles. The summed E-state index contributed by atoms with van der Waals surface area (Å²) in [6.07, 6.45) is 4.54. The zero-order valence-corrected chi connectivity index (χ0v) is 10.6. The second kappa shape index (κ2) is 5.19. The molecule has 0 amide bonds. The van der Waals surface area contributed by atoms with Crippen molar-refractivity contribution in [3.63, 3.8) is 0 Å². The van der Waals surface area contributed by atoms with Gasteiger partial charge in [0.1, 0.15) is 17.3 Å². The molecule has 0 radical (unpaired) electrons. The zero-order valence-electron chi connectivity index (χ0n) is 10.6. The van der Waals surface area contributed by atoms with Crippen molar-refractivity contribution in [2.75, 3.05) is 6.54 Å². The Morgan fingerprint density at radius 1 is 1.47 bits per heavy atom. The molecular formula is C13H19N3O. The fourth-order valence-electron chi connectivity index (χ4n) is 2.03. The fourth-order valence-corrected chi connectivity index (χ4v) is 2.03. The molecule has 4 heteroatoms. The van der Waals surface area contributed by atoms with E-state index in [4.69, 9.17) is 4.42 Å². The predicted molar refractivity (Wildman–Crippen MR) is 66.9 cm³/mol. The van der Waals surface area contributed by atoms with Crippen LogP contribution in [0.5, 0.6) is 0 Å². The quantitative estimate of drug-likeness (QED) is 0.834. The molecule has 92 valence electrons. The monoisotopic (exact) mass is 233 g/mol. The van der Waals surface area contributed by atoms with Crippen molar-refractivity contribution in [2.24, 2.45) is 0 Å². The van der Waals surface area contributed by atoms with Crippen LogP contribution in [0.2, 0.25) is 0 Å². The first kappa shape index (κ1) is 11.9. The highest BCUT2D eigenvalue weighted by molar-refractivity contribution is 5.23. The van der Waals surface area contributed by atoms with Crippen LogP contribution < -0.4 is 5.32 Å². The van der Waals surface area contributed by atoms with Crippen molar-refractivity contribution in [3.05, 3.63) is 41.4 Å². The minimum absolute atomic E-state index is 0.308. The molecule has 2 N–H and O–H groups in total.